The van der Waals surface area contributed by atoms with Crippen LogP contribution in [0.1, 0.15) is 19.4 Å². The Bertz CT molecular complexity index is 579. The molecule has 3 N–H and O–H groups in total. The highest BCUT2D eigenvalue weighted by Crippen LogP contribution is 2.28. The van der Waals surface area contributed by atoms with Gasteiger partial charge in [0.15, 0.2) is 0 Å². The summed E-state index contributed by atoms with van der Waals surface area (Å²) in [5.74, 6) is 0. The van der Waals surface area contributed by atoms with Crippen LogP contribution in [0.2, 0.25) is 5.02 Å². The molecule has 108 valence electrons. The van der Waals surface area contributed by atoms with E-state index >= 15 is 0 Å². The predicted octanol–water partition coefficient (Wildman–Crippen LogP) is 1.62. The van der Waals surface area contributed by atoms with Crippen LogP contribution < -0.4 is 5.73 Å². The van der Waals surface area contributed by atoms with Crippen LogP contribution in [-0.4, -0.2) is 37.0 Å². The highest BCUT2D eigenvalue weighted by molar-refractivity contribution is 7.89. The smallest absolute Gasteiger partial charge is 0.243 e. The summed E-state index contributed by atoms with van der Waals surface area (Å²) in [6.07, 6.45) is 0. The number of hydrogen-bond acceptors (Lipinski definition) is 4. The lowest BCUT2D eigenvalue weighted by Crippen LogP contribution is -2.39. The molecular formula is C12H19ClN2O3S. The number of halogens is 1. The Morgan fingerprint density at radius 3 is 2.42 bits per heavy atom. The van der Waals surface area contributed by atoms with Gasteiger partial charge >= 0.3 is 0 Å². The average Bonchev–Trinajstić information content (AvgIpc) is 2.20. The second-order valence-corrected chi connectivity index (χ2v) is 7.64. The largest absolute Gasteiger partial charge is 0.398 e. The summed E-state index contributed by atoms with van der Waals surface area (Å²) >= 11 is 5.85. The van der Waals surface area contributed by atoms with Crippen molar-refractivity contribution in [1.29, 1.82) is 0 Å². The highest BCUT2D eigenvalue weighted by atomic mass is 35.5. The first kappa shape index (κ1) is 16.2. The lowest BCUT2D eigenvalue weighted by Gasteiger charge is -2.25. The Morgan fingerprint density at radius 2 is 1.95 bits per heavy atom. The third-order valence-corrected chi connectivity index (χ3v) is 4.81. The molecule has 0 aliphatic rings. The van der Waals surface area contributed by atoms with E-state index in [0.717, 1.165) is 4.31 Å². The van der Waals surface area contributed by atoms with Crippen LogP contribution in [0.4, 0.5) is 5.69 Å². The molecule has 0 radical (unpaired) electrons. The summed E-state index contributed by atoms with van der Waals surface area (Å²) in [6, 6.07) is 2.87. The zero-order chi connectivity index (χ0) is 15.0. The Kier molecular flexibility index (Phi) is 4.51. The summed E-state index contributed by atoms with van der Waals surface area (Å²) in [7, 11) is -2.33. The van der Waals surface area contributed by atoms with E-state index in [0.29, 0.717) is 11.3 Å². The third-order valence-electron chi connectivity index (χ3n) is 2.66. The van der Waals surface area contributed by atoms with Crippen molar-refractivity contribution in [3.8, 4) is 0 Å². The molecule has 0 atom stereocenters. The molecule has 0 aromatic heterocycles. The standard InChI is InChI=1S/C12H19ClN2O3S/c1-8-10(14)5-9(13)6-11(8)19(17,18)15(4)7-12(2,3)16/h5-6,16H,7,14H2,1-4H3. The zero-order valence-electron chi connectivity index (χ0n) is 11.4. The van der Waals surface area contributed by atoms with Crippen molar-refractivity contribution in [1.82, 2.24) is 4.31 Å². The molecule has 1 aromatic rings. The Labute approximate surface area is 119 Å². The van der Waals surface area contributed by atoms with Crippen molar-refractivity contribution in [2.24, 2.45) is 0 Å². The average molecular weight is 307 g/mol. The maximum atomic E-state index is 12.4. The van der Waals surface area contributed by atoms with Gasteiger partial charge in [0, 0.05) is 24.3 Å². The maximum absolute atomic E-state index is 12.4. The van der Waals surface area contributed by atoms with Crippen LogP contribution in [0.25, 0.3) is 0 Å². The lowest BCUT2D eigenvalue weighted by molar-refractivity contribution is 0.0640. The fourth-order valence-electron chi connectivity index (χ4n) is 1.74. The van der Waals surface area contributed by atoms with Crippen molar-refractivity contribution < 1.29 is 13.5 Å². The zero-order valence-corrected chi connectivity index (χ0v) is 13.0. The molecule has 0 unspecified atom stereocenters. The molecule has 1 rings (SSSR count). The first-order chi connectivity index (χ1) is 8.45. The van der Waals surface area contributed by atoms with Gasteiger partial charge < -0.3 is 10.8 Å². The fourth-order valence-corrected chi connectivity index (χ4v) is 3.63. The van der Waals surface area contributed by atoms with E-state index < -0.39 is 15.6 Å². The normalized spacial score (nSPS) is 13.0. The van der Waals surface area contributed by atoms with Crippen LogP contribution in [0, 0.1) is 6.92 Å². The molecule has 0 heterocycles. The molecule has 0 saturated carbocycles. The molecule has 0 bridgehead atoms. The van der Waals surface area contributed by atoms with Gasteiger partial charge in [-0.15, -0.1) is 0 Å². The monoisotopic (exact) mass is 306 g/mol. The summed E-state index contributed by atoms with van der Waals surface area (Å²) in [4.78, 5) is 0.0595. The highest BCUT2D eigenvalue weighted by Gasteiger charge is 2.28. The van der Waals surface area contributed by atoms with Crippen molar-refractivity contribution in [2.75, 3.05) is 19.3 Å². The third kappa shape index (κ3) is 3.82. The molecule has 0 aliphatic heterocycles. The van der Waals surface area contributed by atoms with Crippen molar-refractivity contribution >= 4 is 27.3 Å². The van der Waals surface area contributed by atoms with Gasteiger partial charge in [-0.1, -0.05) is 11.6 Å². The molecule has 5 nitrogen and oxygen atoms in total. The summed E-state index contributed by atoms with van der Waals surface area (Å²) in [5.41, 5.74) is 5.38. The van der Waals surface area contributed by atoms with Gasteiger partial charge in [0.2, 0.25) is 10.0 Å². The predicted molar refractivity (Wildman–Crippen MR) is 76.7 cm³/mol. The van der Waals surface area contributed by atoms with Gasteiger partial charge in [-0.3, -0.25) is 0 Å². The van der Waals surface area contributed by atoms with E-state index in [1.54, 1.807) is 6.92 Å². The minimum absolute atomic E-state index is 0.0266. The molecule has 1 aromatic carbocycles. The lowest BCUT2D eigenvalue weighted by atomic mass is 10.1. The van der Waals surface area contributed by atoms with Crippen LogP contribution in [0.3, 0.4) is 0 Å². The number of anilines is 1. The van der Waals surface area contributed by atoms with E-state index in [9.17, 15) is 13.5 Å². The number of benzene rings is 1. The number of nitrogen functional groups attached to an aromatic ring is 1. The van der Waals surface area contributed by atoms with Gasteiger partial charge in [-0.05, 0) is 38.5 Å². The molecule has 0 spiro atoms. The molecular weight excluding hydrogens is 288 g/mol. The van der Waals surface area contributed by atoms with E-state index in [2.05, 4.69) is 0 Å². The first-order valence-electron chi connectivity index (χ1n) is 5.69. The van der Waals surface area contributed by atoms with E-state index in [-0.39, 0.29) is 16.5 Å². The quantitative estimate of drug-likeness (QED) is 0.828. The molecule has 0 saturated heterocycles. The minimum Gasteiger partial charge on any atom is -0.398 e. The minimum atomic E-state index is -3.74. The second-order valence-electron chi connectivity index (χ2n) is 5.19. The van der Waals surface area contributed by atoms with Gasteiger partial charge in [-0.25, -0.2) is 8.42 Å². The molecule has 0 fully saturated rings. The molecule has 7 heteroatoms. The van der Waals surface area contributed by atoms with Gasteiger partial charge in [-0.2, -0.15) is 4.31 Å². The Morgan fingerprint density at radius 1 is 1.42 bits per heavy atom. The fraction of sp³-hybridized carbons (Fsp3) is 0.500. The topological polar surface area (TPSA) is 83.6 Å². The molecule has 19 heavy (non-hydrogen) atoms. The number of nitrogens with zero attached hydrogens (tertiary/aromatic N) is 1. The number of hydrogen-bond donors (Lipinski definition) is 2. The van der Waals surface area contributed by atoms with Gasteiger partial charge in [0.25, 0.3) is 0 Å². The molecule has 0 aliphatic carbocycles. The number of likely N-dealkylation sites (N-methyl/N-ethyl adjacent to an activating group) is 1. The van der Waals surface area contributed by atoms with Crippen molar-refractivity contribution in [2.45, 2.75) is 31.3 Å². The van der Waals surface area contributed by atoms with Crippen molar-refractivity contribution in [3.63, 3.8) is 0 Å². The SMILES string of the molecule is Cc1c(N)cc(Cl)cc1S(=O)(=O)N(C)CC(C)(C)O. The van der Waals surface area contributed by atoms with E-state index in [4.69, 9.17) is 17.3 Å². The van der Waals surface area contributed by atoms with Crippen LogP contribution in [-0.2, 0) is 10.0 Å². The Balaban J connectivity index is 3.28. The van der Waals surface area contributed by atoms with E-state index in [1.165, 1.54) is 33.0 Å². The maximum Gasteiger partial charge on any atom is 0.243 e. The summed E-state index contributed by atoms with van der Waals surface area (Å²) in [6.45, 7) is 4.67. The second kappa shape index (κ2) is 5.28. The van der Waals surface area contributed by atoms with Crippen LogP contribution in [0.5, 0.6) is 0 Å². The summed E-state index contributed by atoms with van der Waals surface area (Å²) in [5, 5.41) is 9.98. The number of nitrogens with two attached hydrogens (primary N) is 1. The Hall–Kier alpha value is -0.820. The summed E-state index contributed by atoms with van der Waals surface area (Å²) < 4.78 is 26.0. The van der Waals surface area contributed by atoms with Gasteiger partial charge in [0.1, 0.15) is 0 Å². The van der Waals surface area contributed by atoms with Crippen LogP contribution in [0.15, 0.2) is 17.0 Å². The number of rotatable bonds is 4. The first-order valence-corrected chi connectivity index (χ1v) is 7.51. The number of sulfonamides is 1. The number of aliphatic hydroxyl groups is 1. The van der Waals surface area contributed by atoms with Crippen molar-refractivity contribution in [3.05, 3.63) is 22.7 Å². The van der Waals surface area contributed by atoms with Crippen LogP contribution >= 0.6 is 11.6 Å². The molecule has 0 amide bonds. The van der Waals surface area contributed by atoms with Gasteiger partial charge in [0.05, 0.1) is 10.5 Å². The van der Waals surface area contributed by atoms with E-state index in [1.807, 2.05) is 0 Å².